The molecule has 3 heteroatoms. The highest BCUT2D eigenvalue weighted by atomic mass is 16.5. The van der Waals surface area contributed by atoms with Gasteiger partial charge < -0.3 is 13.9 Å². The van der Waals surface area contributed by atoms with Gasteiger partial charge in [-0.15, -0.1) is 0 Å². The number of nitrogens with zero attached hydrogens (tertiary/aromatic N) is 2. The van der Waals surface area contributed by atoms with E-state index in [0.29, 0.717) is 0 Å². The molecule has 0 atom stereocenters. The molecule has 0 N–H and O–H groups in total. The molecule has 52 heavy (non-hydrogen) atoms. The van der Waals surface area contributed by atoms with Crippen LogP contribution in [0.15, 0.2) is 182 Å². The molecule has 10 aromatic rings. The number of aromatic nitrogens is 2. The Morgan fingerprint density at radius 3 is 1.23 bits per heavy atom. The Morgan fingerprint density at radius 1 is 0.327 bits per heavy atom. The number of para-hydroxylation sites is 2. The van der Waals surface area contributed by atoms with Crippen molar-refractivity contribution in [2.45, 2.75) is 6.42 Å². The maximum atomic E-state index is 6.93. The largest absolute Gasteiger partial charge is 0.457 e. The molecular formula is C49H32N2O. The van der Waals surface area contributed by atoms with Crippen LogP contribution in [0, 0.1) is 0 Å². The van der Waals surface area contributed by atoms with Gasteiger partial charge in [0.15, 0.2) is 0 Å². The van der Waals surface area contributed by atoms with Gasteiger partial charge in [0.25, 0.3) is 0 Å². The van der Waals surface area contributed by atoms with Gasteiger partial charge in [-0.2, -0.15) is 0 Å². The van der Waals surface area contributed by atoms with Gasteiger partial charge in [0, 0.05) is 62.6 Å². The molecule has 1 aliphatic heterocycles. The summed E-state index contributed by atoms with van der Waals surface area (Å²) in [4.78, 5) is 0. The van der Waals surface area contributed by atoms with Gasteiger partial charge in [-0.3, -0.25) is 0 Å². The van der Waals surface area contributed by atoms with Gasteiger partial charge in [0.2, 0.25) is 0 Å². The van der Waals surface area contributed by atoms with E-state index in [1.54, 1.807) is 0 Å². The molecule has 0 unspecified atom stereocenters. The number of fused-ring (bicyclic) bond motifs is 8. The fraction of sp³-hybridized carbons (Fsp3) is 0.0204. The van der Waals surface area contributed by atoms with Crippen molar-refractivity contribution >= 4 is 43.6 Å². The van der Waals surface area contributed by atoms with Crippen LogP contribution in [0.25, 0.3) is 77.2 Å². The summed E-state index contributed by atoms with van der Waals surface area (Å²) in [6, 6.07) is 65.6. The molecule has 8 aromatic carbocycles. The first kappa shape index (κ1) is 28.9. The number of hydrogen-bond acceptors (Lipinski definition) is 1. The minimum Gasteiger partial charge on any atom is -0.457 e. The van der Waals surface area contributed by atoms with Crippen molar-refractivity contribution < 1.29 is 4.74 Å². The normalized spacial score (nSPS) is 12.3. The third-order valence-corrected chi connectivity index (χ3v) is 10.7. The van der Waals surface area contributed by atoms with Gasteiger partial charge in [-0.1, -0.05) is 121 Å². The van der Waals surface area contributed by atoms with E-state index in [9.17, 15) is 0 Å². The molecule has 0 saturated carbocycles. The van der Waals surface area contributed by atoms with Crippen LogP contribution in [-0.2, 0) is 6.42 Å². The Hall–Kier alpha value is -6.84. The topological polar surface area (TPSA) is 19.1 Å². The molecule has 0 amide bonds. The lowest BCUT2D eigenvalue weighted by atomic mass is 9.96. The van der Waals surface area contributed by atoms with Crippen LogP contribution in [0.5, 0.6) is 11.5 Å². The van der Waals surface area contributed by atoms with Crippen molar-refractivity contribution in [3.8, 4) is 45.1 Å². The van der Waals surface area contributed by atoms with Crippen LogP contribution < -0.4 is 4.74 Å². The van der Waals surface area contributed by atoms with E-state index in [2.05, 4.69) is 191 Å². The highest BCUT2D eigenvalue weighted by Gasteiger charge is 2.24. The molecule has 0 spiro atoms. The molecule has 3 nitrogen and oxygen atoms in total. The molecule has 0 aliphatic carbocycles. The number of benzene rings is 8. The molecule has 11 rings (SSSR count). The Balaban J connectivity index is 1.08. The van der Waals surface area contributed by atoms with Gasteiger partial charge in [0.05, 0.1) is 22.1 Å². The van der Waals surface area contributed by atoms with Crippen molar-refractivity contribution in [3.63, 3.8) is 0 Å². The minimum absolute atomic E-state index is 0.808. The van der Waals surface area contributed by atoms with Crippen LogP contribution in [-0.4, -0.2) is 9.13 Å². The van der Waals surface area contributed by atoms with Gasteiger partial charge in [0.1, 0.15) is 11.5 Å². The first-order valence-corrected chi connectivity index (χ1v) is 17.9. The number of rotatable bonds is 4. The number of hydrogen-bond donors (Lipinski definition) is 0. The van der Waals surface area contributed by atoms with E-state index in [1.165, 1.54) is 66.0 Å². The lowest BCUT2D eigenvalue weighted by molar-refractivity contribution is 0.461. The standard InChI is InChI=1S/C49H32N2O/c1-3-13-32(14-4-1)34-17-11-19-38(26-34)50-44-23-9-7-21-40(44)42-28-36-25-37-29-43-41-22-8-10-24-45(41)51(47(43)31-49(37)52-48(36)30-46(42)50)39-20-12-18-35(27-39)33-15-5-2-6-16-33/h1-24,26-31H,25H2. The summed E-state index contributed by atoms with van der Waals surface area (Å²) in [5, 5.41) is 4.96. The fourth-order valence-electron chi connectivity index (χ4n) is 8.34. The third kappa shape index (κ3) is 4.46. The average Bonchev–Trinajstić information content (AvgIpc) is 3.70. The van der Waals surface area contributed by atoms with Crippen LogP contribution in [0.2, 0.25) is 0 Å². The second-order valence-electron chi connectivity index (χ2n) is 13.8. The van der Waals surface area contributed by atoms with E-state index in [1.807, 2.05) is 0 Å². The second-order valence-corrected chi connectivity index (χ2v) is 13.8. The summed E-state index contributed by atoms with van der Waals surface area (Å²) in [6.45, 7) is 0. The van der Waals surface area contributed by atoms with E-state index >= 15 is 0 Å². The first-order valence-electron chi connectivity index (χ1n) is 17.9. The minimum atomic E-state index is 0.808. The molecular weight excluding hydrogens is 633 g/mol. The van der Waals surface area contributed by atoms with Crippen molar-refractivity contribution in [2.24, 2.45) is 0 Å². The summed E-state index contributed by atoms with van der Waals surface area (Å²) in [5.74, 6) is 1.83. The molecule has 1 aliphatic rings. The van der Waals surface area contributed by atoms with E-state index in [-0.39, 0.29) is 0 Å². The summed E-state index contributed by atoms with van der Waals surface area (Å²) in [5.41, 5.74) is 14.1. The summed E-state index contributed by atoms with van der Waals surface area (Å²) in [7, 11) is 0. The first-order chi connectivity index (χ1) is 25.8. The molecule has 0 fully saturated rings. The monoisotopic (exact) mass is 664 g/mol. The highest BCUT2D eigenvalue weighted by molar-refractivity contribution is 6.11. The van der Waals surface area contributed by atoms with E-state index in [0.717, 1.165) is 40.3 Å². The van der Waals surface area contributed by atoms with Crippen molar-refractivity contribution in [3.05, 3.63) is 193 Å². The van der Waals surface area contributed by atoms with Crippen molar-refractivity contribution in [2.75, 3.05) is 0 Å². The van der Waals surface area contributed by atoms with Crippen LogP contribution in [0.4, 0.5) is 0 Å². The molecule has 3 heterocycles. The highest BCUT2D eigenvalue weighted by Crippen LogP contribution is 2.45. The predicted octanol–water partition coefficient (Wildman–Crippen LogP) is 12.9. The quantitative estimate of drug-likeness (QED) is 0.183. The smallest absolute Gasteiger partial charge is 0.133 e. The van der Waals surface area contributed by atoms with Crippen molar-refractivity contribution in [1.82, 2.24) is 9.13 Å². The Bertz CT molecular complexity index is 2800. The molecule has 244 valence electrons. The Labute approximate surface area is 301 Å². The lowest BCUT2D eigenvalue weighted by Gasteiger charge is -2.22. The van der Waals surface area contributed by atoms with Gasteiger partial charge in [-0.05, 0) is 70.8 Å². The number of ether oxygens (including phenoxy) is 1. The van der Waals surface area contributed by atoms with Crippen LogP contribution >= 0.6 is 0 Å². The zero-order valence-electron chi connectivity index (χ0n) is 28.3. The molecule has 0 saturated heterocycles. The van der Waals surface area contributed by atoms with Crippen LogP contribution in [0.3, 0.4) is 0 Å². The van der Waals surface area contributed by atoms with E-state index in [4.69, 9.17) is 4.74 Å². The third-order valence-electron chi connectivity index (χ3n) is 10.7. The Kier molecular flexibility index (Phi) is 6.31. The molecule has 2 aromatic heterocycles. The van der Waals surface area contributed by atoms with E-state index < -0.39 is 0 Å². The van der Waals surface area contributed by atoms with Gasteiger partial charge in [-0.25, -0.2) is 0 Å². The summed E-state index contributed by atoms with van der Waals surface area (Å²) < 4.78 is 11.7. The molecule has 0 radical (unpaired) electrons. The molecule has 0 bridgehead atoms. The summed E-state index contributed by atoms with van der Waals surface area (Å²) in [6.07, 6.45) is 0.808. The zero-order valence-corrected chi connectivity index (χ0v) is 28.3. The van der Waals surface area contributed by atoms with Crippen molar-refractivity contribution in [1.29, 1.82) is 0 Å². The predicted molar refractivity (Wildman–Crippen MR) is 215 cm³/mol. The maximum Gasteiger partial charge on any atom is 0.133 e. The summed E-state index contributed by atoms with van der Waals surface area (Å²) >= 11 is 0. The zero-order chi connectivity index (χ0) is 34.2. The lowest BCUT2D eigenvalue weighted by Crippen LogP contribution is -2.04. The average molecular weight is 665 g/mol. The second kappa shape index (κ2) is 11.3. The Morgan fingerprint density at radius 2 is 0.750 bits per heavy atom. The van der Waals surface area contributed by atoms with Crippen LogP contribution in [0.1, 0.15) is 11.1 Å². The fourth-order valence-corrected chi connectivity index (χ4v) is 8.34. The maximum absolute atomic E-state index is 6.93. The SMILES string of the molecule is c1ccc(-c2cccc(-n3c4ccccc4c4cc5c(cc43)Oc3cc4c(cc3C5)c3ccccc3n4-c3cccc(-c4ccccc4)c3)c2)cc1. The van der Waals surface area contributed by atoms with Gasteiger partial charge >= 0.3 is 0 Å².